The highest BCUT2D eigenvalue weighted by molar-refractivity contribution is 6.07. The molecule has 1 aromatic heterocycles. The fourth-order valence-corrected chi connectivity index (χ4v) is 2.31. The smallest absolute Gasteiger partial charge is 0.261 e. The van der Waals surface area contributed by atoms with Gasteiger partial charge in [-0.2, -0.15) is 0 Å². The minimum Gasteiger partial charge on any atom is -0.494 e. The summed E-state index contributed by atoms with van der Waals surface area (Å²) in [5.41, 5.74) is 3.03. The van der Waals surface area contributed by atoms with Crippen molar-refractivity contribution >= 4 is 11.6 Å². The number of carbonyl (C=O) groups is 1. The molecule has 2 aromatic carbocycles. The van der Waals surface area contributed by atoms with Gasteiger partial charge in [-0.3, -0.25) is 4.79 Å². The van der Waals surface area contributed by atoms with Gasteiger partial charge in [0.25, 0.3) is 5.91 Å². The topological polar surface area (TPSA) is 64.4 Å². The standard InChI is InChI=1S/C19H18N2O3/c1-3-23-16-10-8-15(9-11-16)21-19(22)17-12-20-24-18(17)14-6-4-13(2)5-7-14/h4-12H,3H2,1-2H3,(H,21,22). The maximum atomic E-state index is 12.5. The number of ether oxygens (including phenoxy) is 1. The number of nitrogens with one attached hydrogen (secondary N) is 1. The average molecular weight is 322 g/mol. The lowest BCUT2D eigenvalue weighted by Crippen LogP contribution is -2.12. The van der Waals surface area contributed by atoms with Crippen molar-refractivity contribution in [3.63, 3.8) is 0 Å². The molecule has 0 saturated heterocycles. The first kappa shape index (κ1) is 15.8. The molecule has 5 nitrogen and oxygen atoms in total. The Kier molecular flexibility index (Phi) is 4.61. The van der Waals surface area contributed by atoms with Crippen LogP contribution in [-0.4, -0.2) is 17.7 Å². The summed E-state index contributed by atoms with van der Waals surface area (Å²) < 4.78 is 10.7. The van der Waals surface area contributed by atoms with Gasteiger partial charge in [0, 0.05) is 11.3 Å². The zero-order chi connectivity index (χ0) is 16.9. The Morgan fingerprint density at radius 2 is 1.83 bits per heavy atom. The van der Waals surface area contributed by atoms with Crippen molar-refractivity contribution in [3.05, 3.63) is 65.9 Å². The van der Waals surface area contributed by atoms with E-state index >= 15 is 0 Å². The van der Waals surface area contributed by atoms with Gasteiger partial charge < -0.3 is 14.6 Å². The van der Waals surface area contributed by atoms with Crippen LogP contribution in [0.2, 0.25) is 0 Å². The lowest BCUT2D eigenvalue weighted by Gasteiger charge is -2.07. The summed E-state index contributed by atoms with van der Waals surface area (Å²) in [6, 6.07) is 15.0. The van der Waals surface area contributed by atoms with Crippen molar-refractivity contribution in [1.29, 1.82) is 0 Å². The van der Waals surface area contributed by atoms with E-state index in [0.717, 1.165) is 16.9 Å². The Balaban J connectivity index is 1.78. The first-order chi connectivity index (χ1) is 11.7. The van der Waals surface area contributed by atoms with Gasteiger partial charge >= 0.3 is 0 Å². The zero-order valence-corrected chi connectivity index (χ0v) is 13.6. The second-order valence-corrected chi connectivity index (χ2v) is 5.35. The molecule has 0 aliphatic rings. The molecule has 1 heterocycles. The predicted molar refractivity (Wildman–Crippen MR) is 92.2 cm³/mol. The van der Waals surface area contributed by atoms with Gasteiger partial charge in [-0.25, -0.2) is 0 Å². The zero-order valence-electron chi connectivity index (χ0n) is 13.6. The van der Waals surface area contributed by atoms with E-state index in [4.69, 9.17) is 9.26 Å². The van der Waals surface area contributed by atoms with Crippen LogP contribution in [0, 0.1) is 6.92 Å². The number of nitrogens with zero attached hydrogens (tertiary/aromatic N) is 1. The Labute approximate surface area is 140 Å². The number of aryl methyl sites for hydroxylation is 1. The van der Waals surface area contributed by atoms with Gasteiger partial charge in [0.05, 0.1) is 12.8 Å². The van der Waals surface area contributed by atoms with Crippen LogP contribution in [0.3, 0.4) is 0 Å². The Morgan fingerprint density at radius 1 is 1.12 bits per heavy atom. The van der Waals surface area contributed by atoms with E-state index in [1.807, 2.05) is 50.2 Å². The summed E-state index contributed by atoms with van der Waals surface area (Å²) >= 11 is 0. The number of hydrogen-bond acceptors (Lipinski definition) is 4. The van der Waals surface area contributed by atoms with Crippen molar-refractivity contribution in [2.45, 2.75) is 13.8 Å². The molecule has 0 atom stereocenters. The molecule has 0 saturated carbocycles. The summed E-state index contributed by atoms with van der Waals surface area (Å²) in [5.74, 6) is 0.954. The molecule has 0 fully saturated rings. The van der Waals surface area contributed by atoms with Gasteiger partial charge in [-0.15, -0.1) is 0 Å². The average Bonchev–Trinajstić information content (AvgIpc) is 3.07. The van der Waals surface area contributed by atoms with Gasteiger partial charge in [0.2, 0.25) is 0 Å². The van der Waals surface area contributed by atoms with Gasteiger partial charge in [0.15, 0.2) is 5.76 Å². The Morgan fingerprint density at radius 3 is 2.50 bits per heavy atom. The molecule has 0 spiro atoms. The minimum absolute atomic E-state index is 0.268. The molecule has 1 amide bonds. The van der Waals surface area contributed by atoms with E-state index in [0.29, 0.717) is 23.6 Å². The molecule has 3 rings (SSSR count). The highest BCUT2D eigenvalue weighted by Crippen LogP contribution is 2.25. The minimum atomic E-state index is -0.268. The summed E-state index contributed by atoms with van der Waals surface area (Å²) in [4.78, 5) is 12.5. The maximum absolute atomic E-state index is 12.5. The molecule has 0 bridgehead atoms. The molecular weight excluding hydrogens is 304 g/mol. The van der Waals surface area contributed by atoms with Crippen LogP contribution >= 0.6 is 0 Å². The second kappa shape index (κ2) is 7.00. The molecule has 122 valence electrons. The van der Waals surface area contributed by atoms with Gasteiger partial charge in [-0.1, -0.05) is 35.0 Å². The van der Waals surface area contributed by atoms with Crippen molar-refractivity contribution < 1.29 is 14.1 Å². The molecular formula is C19H18N2O3. The van der Waals surface area contributed by atoms with Gasteiger partial charge in [-0.05, 0) is 38.1 Å². The Hall–Kier alpha value is -3.08. The summed E-state index contributed by atoms with van der Waals surface area (Å²) in [5, 5.41) is 6.61. The number of carbonyl (C=O) groups excluding carboxylic acids is 1. The second-order valence-electron chi connectivity index (χ2n) is 5.35. The van der Waals surface area contributed by atoms with Gasteiger partial charge in [0.1, 0.15) is 11.3 Å². The largest absolute Gasteiger partial charge is 0.494 e. The third-order valence-corrected chi connectivity index (χ3v) is 3.55. The predicted octanol–water partition coefficient (Wildman–Crippen LogP) is 4.30. The SMILES string of the molecule is CCOc1ccc(NC(=O)c2cnoc2-c2ccc(C)cc2)cc1. The van der Waals surface area contributed by atoms with E-state index in [9.17, 15) is 4.79 Å². The molecule has 1 N–H and O–H groups in total. The van der Waals surface area contributed by atoms with Crippen molar-refractivity contribution in [2.75, 3.05) is 11.9 Å². The normalized spacial score (nSPS) is 10.4. The van der Waals surface area contributed by atoms with E-state index < -0.39 is 0 Å². The highest BCUT2D eigenvalue weighted by Gasteiger charge is 2.18. The van der Waals surface area contributed by atoms with Crippen LogP contribution in [0.1, 0.15) is 22.8 Å². The van der Waals surface area contributed by atoms with E-state index in [-0.39, 0.29) is 5.91 Å². The number of benzene rings is 2. The van der Waals surface area contributed by atoms with Crippen LogP contribution < -0.4 is 10.1 Å². The number of amides is 1. The summed E-state index contributed by atoms with van der Waals surface area (Å²) in [6.07, 6.45) is 1.43. The maximum Gasteiger partial charge on any atom is 0.261 e. The molecule has 0 unspecified atom stereocenters. The number of rotatable bonds is 5. The van der Waals surface area contributed by atoms with Crippen molar-refractivity contribution in [2.24, 2.45) is 0 Å². The van der Waals surface area contributed by atoms with E-state index in [1.54, 1.807) is 12.1 Å². The lowest BCUT2D eigenvalue weighted by atomic mass is 10.1. The third kappa shape index (κ3) is 3.46. The van der Waals surface area contributed by atoms with Crippen LogP contribution in [0.25, 0.3) is 11.3 Å². The molecule has 3 aromatic rings. The van der Waals surface area contributed by atoms with Crippen LogP contribution in [0.4, 0.5) is 5.69 Å². The molecule has 5 heteroatoms. The fourth-order valence-electron chi connectivity index (χ4n) is 2.31. The summed E-state index contributed by atoms with van der Waals surface area (Å²) in [6.45, 7) is 4.53. The van der Waals surface area contributed by atoms with E-state index in [1.165, 1.54) is 6.20 Å². The number of anilines is 1. The summed E-state index contributed by atoms with van der Waals surface area (Å²) in [7, 11) is 0. The first-order valence-electron chi connectivity index (χ1n) is 7.73. The molecule has 0 aliphatic carbocycles. The van der Waals surface area contributed by atoms with Crippen LogP contribution in [0.5, 0.6) is 5.75 Å². The lowest BCUT2D eigenvalue weighted by molar-refractivity contribution is 0.102. The monoisotopic (exact) mass is 322 g/mol. The van der Waals surface area contributed by atoms with Crippen LogP contribution in [-0.2, 0) is 0 Å². The number of aromatic nitrogens is 1. The first-order valence-corrected chi connectivity index (χ1v) is 7.73. The molecule has 0 radical (unpaired) electrons. The molecule has 0 aliphatic heterocycles. The number of hydrogen-bond donors (Lipinski definition) is 1. The van der Waals surface area contributed by atoms with Crippen molar-refractivity contribution in [1.82, 2.24) is 5.16 Å². The van der Waals surface area contributed by atoms with E-state index in [2.05, 4.69) is 10.5 Å². The third-order valence-electron chi connectivity index (χ3n) is 3.55. The highest BCUT2D eigenvalue weighted by atomic mass is 16.5. The van der Waals surface area contributed by atoms with Crippen molar-refractivity contribution in [3.8, 4) is 17.1 Å². The Bertz CT molecular complexity index is 821. The fraction of sp³-hybridized carbons (Fsp3) is 0.158. The molecule has 24 heavy (non-hydrogen) atoms. The van der Waals surface area contributed by atoms with Crippen LogP contribution in [0.15, 0.2) is 59.3 Å². The quantitative estimate of drug-likeness (QED) is 0.760.